The normalized spacial score (nSPS) is 14.0. The van der Waals surface area contributed by atoms with E-state index in [4.69, 9.17) is 0 Å². The lowest BCUT2D eigenvalue weighted by Crippen LogP contribution is -2.04. The fourth-order valence-electron chi connectivity index (χ4n) is 2.20. The van der Waals surface area contributed by atoms with Gasteiger partial charge in [0.05, 0.1) is 20.7 Å². The number of nitro benzene ring substituents is 1. The summed E-state index contributed by atoms with van der Waals surface area (Å²) in [4.78, 5) is 19.7. The smallest absolute Gasteiger partial charge is 0.280 e. The van der Waals surface area contributed by atoms with Crippen molar-refractivity contribution in [2.75, 3.05) is 12.4 Å². The van der Waals surface area contributed by atoms with Crippen LogP contribution in [0.1, 0.15) is 24.5 Å². The van der Waals surface area contributed by atoms with Gasteiger partial charge in [0.2, 0.25) is 0 Å². The fourth-order valence-corrected chi connectivity index (χ4v) is 2.90. The van der Waals surface area contributed by atoms with Gasteiger partial charge in [-0.3, -0.25) is 10.1 Å². The second-order valence-corrected chi connectivity index (χ2v) is 5.69. The van der Waals surface area contributed by atoms with E-state index < -0.39 is 4.92 Å². The van der Waals surface area contributed by atoms with E-state index in [9.17, 15) is 10.1 Å². The van der Waals surface area contributed by atoms with Crippen LogP contribution in [0.2, 0.25) is 0 Å². The van der Waals surface area contributed by atoms with Crippen LogP contribution in [0.5, 0.6) is 0 Å². The summed E-state index contributed by atoms with van der Waals surface area (Å²) in [7, 11) is 1.77. The molecule has 0 atom stereocenters. The molecule has 1 aliphatic carbocycles. The van der Waals surface area contributed by atoms with Crippen LogP contribution >= 0.6 is 15.9 Å². The Bertz CT molecular complexity index is 716. The second kappa shape index (κ2) is 5.40. The summed E-state index contributed by atoms with van der Waals surface area (Å²) in [6, 6.07) is 6.54. The number of nitrogens with one attached hydrogen (secondary N) is 1. The van der Waals surface area contributed by atoms with Gasteiger partial charge in [-0.1, -0.05) is 12.1 Å². The van der Waals surface area contributed by atoms with Crippen molar-refractivity contribution in [3.05, 3.63) is 44.5 Å². The molecule has 1 fully saturated rings. The lowest BCUT2D eigenvalue weighted by atomic mass is 10.1. The lowest BCUT2D eigenvalue weighted by Gasteiger charge is -2.10. The van der Waals surface area contributed by atoms with E-state index in [2.05, 4.69) is 31.2 Å². The van der Waals surface area contributed by atoms with E-state index in [0.29, 0.717) is 23.1 Å². The first-order valence-electron chi connectivity index (χ1n) is 6.60. The topological polar surface area (TPSA) is 81.0 Å². The Morgan fingerprint density at radius 3 is 2.67 bits per heavy atom. The number of para-hydroxylation sites is 1. The minimum absolute atomic E-state index is 0.0172. The van der Waals surface area contributed by atoms with E-state index in [1.807, 2.05) is 0 Å². The van der Waals surface area contributed by atoms with Crippen molar-refractivity contribution >= 4 is 27.4 Å². The van der Waals surface area contributed by atoms with Crippen molar-refractivity contribution in [3.8, 4) is 11.4 Å². The van der Waals surface area contributed by atoms with Gasteiger partial charge in [-0.25, -0.2) is 9.97 Å². The van der Waals surface area contributed by atoms with Crippen LogP contribution in [0.4, 0.5) is 11.5 Å². The molecule has 0 spiro atoms. The van der Waals surface area contributed by atoms with Gasteiger partial charge in [-0.05, 0) is 34.8 Å². The molecule has 0 aliphatic heterocycles. The highest BCUT2D eigenvalue weighted by atomic mass is 79.9. The standard InChI is InChI=1S/C14H13BrN4O2/c1-16-14-11(15)12(8-6-7-8)17-13(18-14)9-4-2-3-5-10(9)19(20)21/h2-5,8H,6-7H2,1H3,(H,16,17,18). The van der Waals surface area contributed by atoms with Crippen LogP contribution in [0.15, 0.2) is 28.7 Å². The molecule has 0 radical (unpaired) electrons. The molecule has 6 nitrogen and oxygen atoms in total. The zero-order chi connectivity index (χ0) is 15.0. The summed E-state index contributed by atoms with van der Waals surface area (Å²) < 4.78 is 0.842. The van der Waals surface area contributed by atoms with Crippen LogP contribution in [0.25, 0.3) is 11.4 Å². The van der Waals surface area contributed by atoms with Crippen LogP contribution in [-0.2, 0) is 0 Å². The number of halogens is 1. The van der Waals surface area contributed by atoms with Crippen molar-refractivity contribution in [2.24, 2.45) is 0 Å². The number of nitro groups is 1. The SMILES string of the molecule is CNc1nc(-c2ccccc2[N+](=O)[O-])nc(C2CC2)c1Br. The third-order valence-electron chi connectivity index (χ3n) is 3.42. The van der Waals surface area contributed by atoms with Gasteiger partial charge in [0.15, 0.2) is 5.82 Å². The molecule has 21 heavy (non-hydrogen) atoms. The third-order valence-corrected chi connectivity index (χ3v) is 4.20. The van der Waals surface area contributed by atoms with E-state index >= 15 is 0 Å². The molecule has 0 bridgehead atoms. The van der Waals surface area contributed by atoms with Crippen molar-refractivity contribution in [1.82, 2.24) is 9.97 Å². The minimum atomic E-state index is -0.406. The Kier molecular flexibility index (Phi) is 3.59. The number of nitrogens with zero attached hydrogens (tertiary/aromatic N) is 3. The van der Waals surface area contributed by atoms with Crippen LogP contribution in [-0.4, -0.2) is 21.9 Å². The molecular formula is C14H13BrN4O2. The molecule has 0 saturated heterocycles. The van der Waals surface area contributed by atoms with E-state index in [1.165, 1.54) is 6.07 Å². The van der Waals surface area contributed by atoms with Gasteiger partial charge in [0.1, 0.15) is 5.82 Å². The number of hydrogen-bond donors (Lipinski definition) is 1. The molecule has 1 aliphatic rings. The molecule has 1 aromatic heterocycles. The Morgan fingerprint density at radius 2 is 2.05 bits per heavy atom. The van der Waals surface area contributed by atoms with Crippen molar-refractivity contribution in [2.45, 2.75) is 18.8 Å². The lowest BCUT2D eigenvalue weighted by molar-refractivity contribution is -0.384. The number of aromatic nitrogens is 2. The Hall–Kier alpha value is -2.02. The van der Waals surface area contributed by atoms with Crippen LogP contribution in [0.3, 0.4) is 0 Å². The molecule has 1 saturated carbocycles. The minimum Gasteiger partial charge on any atom is -0.372 e. The highest BCUT2D eigenvalue weighted by Gasteiger charge is 2.30. The first-order chi connectivity index (χ1) is 10.1. The highest BCUT2D eigenvalue weighted by Crippen LogP contribution is 2.44. The van der Waals surface area contributed by atoms with Crippen molar-refractivity contribution in [1.29, 1.82) is 0 Å². The van der Waals surface area contributed by atoms with Gasteiger partial charge in [-0.15, -0.1) is 0 Å². The summed E-state index contributed by atoms with van der Waals surface area (Å²) in [5, 5.41) is 14.2. The first kappa shape index (κ1) is 13.9. The molecule has 1 aromatic carbocycles. The van der Waals surface area contributed by atoms with Gasteiger partial charge in [0.25, 0.3) is 5.69 Å². The number of rotatable bonds is 4. The molecule has 3 rings (SSSR count). The van der Waals surface area contributed by atoms with E-state index in [-0.39, 0.29) is 5.69 Å². The molecule has 0 unspecified atom stereocenters. The van der Waals surface area contributed by atoms with Crippen LogP contribution < -0.4 is 5.32 Å². The van der Waals surface area contributed by atoms with Crippen LogP contribution in [0, 0.1) is 10.1 Å². The van der Waals surface area contributed by atoms with Crippen molar-refractivity contribution < 1.29 is 4.92 Å². The maximum Gasteiger partial charge on any atom is 0.280 e. The van der Waals surface area contributed by atoms with E-state index in [1.54, 1.807) is 25.2 Å². The highest BCUT2D eigenvalue weighted by molar-refractivity contribution is 9.10. The Morgan fingerprint density at radius 1 is 1.33 bits per heavy atom. The third kappa shape index (κ3) is 2.61. The molecular weight excluding hydrogens is 336 g/mol. The van der Waals surface area contributed by atoms with Gasteiger partial charge >= 0.3 is 0 Å². The summed E-state index contributed by atoms with van der Waals surface area (Å²) in [6.45, 7) is 0. The average molecular weight is 349 g/mol. The molecule has 2 aromatic rings. The zero-order valence-corrected chi connectivity index (χ0v) is 12.9. The summed E-state index contributed by atoms with van der Waals surface area (Å²) in [5.74, 6) is 1.45. The second-order valence-electron chi connectivity index (χ2n) is 4.89. The first-order valence-corrected chi connectivity index (χ1v) is 7.40. The predicted molar refractivity (Wildman–Crippen MR) is 83.3 cm³/mol. The number of benzene rings is 1. The molecule has 0 amide bonds. The number of hydrogen-bond acceptors (Lipinski definition) is 5. The summed E-state index contributed by atoms with van der Waals surface area (Å²) >= 11 is 3.51. The Balaban J connectivity index is 2.19. The van der Waals surface area contributed by atoms with Crippen molar-refractivity contribution in [3.63, 3.8) is 0 Å². The molecule has 108 valence electrons. The Labute approximate surface area is 129 Å². The molecule has 1 heterocycles. The molecule has 1 N–H and O–H groups in total. The monoisotopic (exact) mass is 348 g/mol. The average Bonchev–Trinajstić information content (AvgIpc) is 3.32. The fraction of sp³-hybridized carbons (Fsp3) is 0.286. The largest absolute Gasteiger partial charge is 0.372 e. The van der Waals surface area contributed by atoms with Gasteiger partial charge in [-0.2, -0.15) is 0 Å². The predicted octanol–water partition coefficient (Wildman–Crippen LogP) is 3.73. The number of anilines is 1. The summed E-state index contributed by atoms with van der Waals surface area (Å²) in [6.07, 6.45) is 2.18. The maximum absolute atomic E-state index is 11.2. The quantitative estimate of drug-likeness (QED) is 0.672. The van der Waals surface area contributed by atoms with Gasteiger partial charge in [0, 0.05) is 19.0 Å². The van der Waals surface area contributed by atoms with E-state index in [0.717, 1.165) is 23.0 Å². The molecule has 7 heteroatoms. The maximum atomic E-state index is 11.2. The zero-order valence-electron chi connectivity index (χ0n) is 11.3. The summed E-state index contributed by atoms with van der Waals surface area (Å²) in [5.41, 5.74) is 1.37. The van der Waals surface area contributed by atoms with Gasteiger partial charge < -0.3 is 5.32 Å².